The summed E-state index contributed by atoms with van der Waals surface area (Å²) in [5, 5.41) is 27.1. The Morgan fingerprint density at radius 2 is 1.95 bits per heavy atom. The number of aromatic nitrogens is 3. The molecule has 7 heteroatoms. The lowest BCUT2D eigenvalue weighted by Gasteiger charge is -2.44. The summed E-state index contributed by atoms with van der Waals surface area (Å²) in [5.74, 6) is -0.229. The van der Waals surface area contributed by atoms with Crippen molar-refractivity contribution in [2.75, 3.05) is 0 Å². The SMILES string of the molecule is CC(C)[C@@](C)(O)[C@@](O)(Cn1cncn1)c1ccc(Cl)cc1Cl. The molecule has 2 rings (SSSR count). The Kier molecular flexibility index (Phi) is 4.82. The molecule has 0 aliphatic heterocycles. The molecule has 0 aliphatic rings. The molecular weight excluding hydrogens is 325 g/mol. The fraction of sp³-hybridized carbons (Fsp3) is 0.467. The summed E-state index contributed by atoms with van der Waals surface area (Å²) in [4.78, 5) is 3.87. The van der Waals surface area contributed by atoms with E-state index >= 15 is 0 Å². The van der Waals surface area contributed by atoms with E-state index in [1.165, 1.54) is 17.3 Å². The lowest BCUT2D eigenvalue weighted by molar-refractivity contribution is -0.180. The van der Waals surface area contributed by atoms with Gasteiger partial charge in [0.25, 0.3) is 0 Å². The minimum atomic E-state index is -1.66. The van der Waals surface area contributed by atoms with Crippen LogP contribution in [-0.2, 0) is 12.1 Å². The maximum Gasteiger partial charge on any atom is 0.139 e. The zero-order chi connectivity index (χ0) is 16.5. The van der Waals surface area contributed by atoms with Gasteiger partial charge in [0.1, 0.15) is 18.3 Å². The average molecular weight is 344 g/mol. The van der Waals surface area contributed by atoms with Gasteiger partial charge in [-0.05, 0) is 25.0 Å². The second kappa shape index (κ2) is 6.16. The van der Waals surface area contributed by atoms with E-state index in [2.05, 4.69) is 10.1 Å². The smallest absolute Gasteiger partial charge is 0.139 e. The molecule has 2 N–H and O–H groups in total. The van der Waals surface area contributed by atoms with Crippen LogP contribution in [0.3, 0.4) is 0 Å². The zero-order valence-electron chi connectivity index (χ0n) is 12.7. The summed E-state index contributed by atoms with van der Waals surface area (Å²) in [6.45, 7) is 5.26. The predicted molar refractivity (Wildman–Crippen MR) is 85.8 cm³/mol. The van der Waals surface area contributed by atoms with Gasteiger partial charge >= 0.3 is 0 Å². The van der Waals surface area contributed by atoms with E-state index in [4.69, 9.17) is 23.2 Å². The van der Waals surface area contributed by atoms with Crippen LogP contribution >= 0.6 is 23.2 Å². The van der Waals surface area contributed by atoms with Gasteiger partial charge in [0.2, 0.25) is 0 Å². The van der Waals surface area contributed by atoms with Gasteiger partial charge in [-0.25, -0.2) is 9.67 Å². The number of nitrogens with zero attached hydrogens (tertiary/aromatic N) is 3. The molecule has 1 heterocycles. The number of hydrogen-bond acceptors (Lipinski definition) is 4. The average Bonchev–Trinajstić information content (AvgIpc) is 2.90. The van der Waals surface area contributed by atoms with E-state index in [-0.39, 0.29) is 17.5 Å². The van der Waals surface area contributed by atoms with E-state index in [0.717, 1.165) is 0 Å². The maximum atomic E-state index is 11.4. The molecule has 0 radical (unpaired) electrons. The minimum absolute atomic E-state index is 0.0134. The second-order valence-corrected chi connectivity index (χ2v) is 6.72. The van der Waals surface area contributed by atoms with E-state index in [9.17, 15) is 10.2 Å². The van der Waals surface area contributed by atoms with Crippen molar-refractivity contribution in [2.45, 2.75) is 38.5 Å². The fourth-order valence-electron chi connectivity index (χ4n) is 2.37. The largest absolute Gasteiger partial charge is 0.386 e. The van der Waals surface area contributed by atoms with Gasteiger partial charge < -0.3 is 10.2 Å². The molecule has 0 bridgehead atoms. The van der Waals surface area contributed by atoms with Crippen molar-refractivity contribution < 1.29 is 10.2 Å². The molecule has 1 aromatic heterocycles. The van der Waals surface area contributed by atoms with Crippen molar-refractivity contribution in [1.29, 1.82) is 0 Å². The highest BCUT2D eigenvalue weighted by molar-refractivity contribution is 6.35. The van der Waals surface area contributed by atoms with Crippen LogP contribution in [0.25, 0.3) is 0 Å². The van der Waals surface area contributed by atoms with Crippen molar-refractivity contribution in [3.05, 3.63) is 46.5 Å². The highest BCUT2D eigenvalue weighted by Crippen LogP contribution is 2.42. The van der Waals surface area contributed by atoms with Crippen LogP contribution in [0.15, 0.2) is 30.9 Å². The Balaban J connectivity index is 2.59. The molecule has 1 aromatic carbocycles. The van der Waals surface area contributed by atoms with Gasteiger partial charge in [-0.3, -0.25) is 0 Å². The van der Waals surface area contributed by atoms with Crippen LogP contribution in [0.1, 0.15) is 26.3 Å². The van der Waals surface area contributed by atoms with Crippen molar-refractivity contribution in [1.82, 2.24) is 14.8 Å². The number of aliphatic hydroxyl groups is 2. The standard InChI is InChI=1S/C15H19Cl2N3O2/c1-10(2)14(3,21)15(22,7-20-9-18-8-19-20)12-5-4-11(16)6-13(12)17/h4-6,8-10,21-22H,7H2,1-3H3/t14-,15-/m1/s1. The first-order valence-corrected chi connectivity index (χ1v) is 7.67. The van der Waals surface area contributed by atoms with Gasteiger partial charge in [-0.2, -0.15) is 5.10 Å². The van der Waals surface area contributed by atoms with E-state index < -0.39 is 11.2 Å². The third-order valence-corrected chi connectivity index (χ3v) is 4.74. The molecule has 0 aliphatic carbocycles. The van der Waals surface area contributed by atoms with E-state index in [0.29, 0.717) is 10.6 Å². The van der Waals surface area contributed by atoms with E-state index in [1.807, 2.05) is 13.8 Å². The third-order valence-electron chi connectivity index (χ3n) is 4.20. The van der Waals surface area contributed by atoms with Crippen LogP contribution in [0, 0.1) is 5.92 Å². The number of rotatable bonds is 5. The van der Waals surface area contributed by atoms with Crippen LogP contribution in [-0.4, -0.2) is 30.6 Å². The highest BCUT2D eigenvalue weighted by Gasteiger charge is 2.50. The van der Waals surface area contributed by atoms with Crippen LogP contribution in [0.4, 0.5) is 0 Å². The van der Waals surface area contributed by atoms with Crippen molar-refractivity contribution in [3.8, 4) is 0 Å². The Bertz CT molecular complexity index is 644. The lowest BCUT2D eigenvalue weighted by Crippen LogP contribution is -2.55. The number of benzene rings is 1. The highest BCUT2D eigenvalue weighted by atomic mass is 35.5. The molecule has 0 saturated carbocycles. The summed E-state index contributed by atoms with van der Waals surface area (Å²) in [6.07, 6.45) is 2.85. The Labute approximate surface area is 139 Å². The Morgan fingerprint density at radius 3 is 2.45 bits per heavy atom. The molecule has 0 amide bonds. The van der Waals surface area contributed by atoms with Gasteiger partial charge in [-0.15, -0.1) is 0 Å². The quantitative estimate of drug-likeness (QED) is 0.875. The normalized spacial score (nSPS) is 17.3. The first-order chi connectivity index (χ1) is 10.2. The molecule has 2 aromatic rings. The van der Waals surface area contributed by atoms with Crippen molar-refractivity contribution in [2.24, 2.45) is 5.92 Å². The summed E-state index contributed by atoms with van der Waals surface area (Å²) in [7, 11) is 0. The van der Waals surface area contributed by atoms with Gasteiger partial charge in [0.15, 0.2) is 0 Å². The molecule has 0 spiro atoms. The number of hydrogen-bond donors (Lipinski definition) is 2. The van der Waals surface area contributed by atoms with Crippen molar-refractivity contribution >= 4 is 23.2 Å². The van der Waals surface area contributed by atoms with Gasteiger partial charge in [0.05, 0.1) is 12.1 Å². The molecule has 120 valence electrons. The van der Waals surface area contributed by atoms with Crippen LogP contribution < -0.4 is 0 Å². The van der Waals surface area contributed by atoms with E-state index in [1.54, 1.807) is 25.1 Å². The van der Waals surface area contributed by atoms with Gasteiger partial charge in [0, 0.05) is 15.6 Å². The summed E-state index contributed by atoms with van der Waals surface area (Å²) < 4.78 is 1.46. The van der Waals surface area contributed by atoms with Gasteiger partial charge in [-0.1, -0.05) is 43.1 Å². The Hall–Kier alpha value is -1.14. The first-order valence-electron chi connectivity index (χ1n) is 6.91. The van der Waals surface area contributed by atoms with Crippen LogP contribution in [0.5, 0.6) is 0 Å². The maximum absolute atomic E-state index is 11.4. The molecule has 0 unspecified atom stereocenters. The molecule has 0 fully saturated rings. The monoisotopic (exact) mass is 343 g/mol. The second-order valence-electron chi connectivity index (χ2n) is 5.88. The zero-order valence-corrected chi connectivity index (χ0v) is 14.2. The van der Waals surface area contributed by atoms with Crippen molar-refractivity contribution in [3.63, 3.8) is 0 Å². The Morgan fingerprint density at radius 1 is 1.27 bits per heavy atom. The third kappa shape index (κ3) is 2.99. The summed E-state index contributed by atoms with van der Waals surface area (Å²) in [5.41, 5.74) is -2.71. The summed E-state index contributed by atoms with van der Waals surface area (Å²) in [6, 6.07) is 4.80. The number of halogens is 2. The molecule has 0 saturated heterocycles. The topological polar surface area (TPSA) is 71.2 Å². The fourth-order valence-corrected chi connectivity index (χ4v) is 2.93. The minimum Gasteiger partial charge on any atom is -0.386 e. The predicted octanol–water partition coefficient (Wildman–Crippen LogP) is 2.88. The molecule has 5 nitrogen and oxygen atoms in total. The van der Waals surface area contributed by atoms with Crippen LogP contribution in [0.2, 0.25) is 10.0 Å². The lowest BCUT2D eigenvalue weighted by atomic mass is 9.72. The molecular formula is C15H19Cl2N3O2. The molecule has 22 heavy (non-hydrogen) atoms. The first kappa shape index (κ1) is 17.2. The summed E-state index contributed by atoms with van der Waals surface area (Å²) >= 11 is 12.2. The molecule has 2 atom stereocenters.